The monoisotopic (exact) mass is 174 g/mol. The molecule has 0 amide bonds. The third-order valence-electron chi connectivity index (χ3n) is 2.17. The SMILES string of the molecule is C[n+]1ccc2cc(CO)ccc2c1. The van der Waals surface area contributed by atoms with E-state index in [1.54, 1.807) is 0 Å². The van der Waals surface area contributed by atoms with Crippen LogP contribution in [-0.4, -0.2) is 5.11 Å². The first-order valence-corrected chi connectivity index (χ1v) is 4.28. The number of hydrogen-bond donors (Lipinski definition) is 1. The van der Waals surface area contributed by atoms with Gasteiger partial charge in [0.05, 0.1) is 6.61 Å². The molecular formula is C11H12NO+. The summed E-state index contributed by atoms with van der Waals surface area (Å²) in [7, 11) is 2.00. The van der Waals surface area contributed by atoms with Crippen molar-refractivity contribution < 1.29 is 9.67 Å². The van der Waals surface area contributed by atoms with Crippen molar-refractivity contribution >= 4 is 10.8 Å². The topological polar surface area (TPSA) is 24.1 Å². The van der Waals surface area contributed by atoms with Crippen LogP contribution in [0.2, 0.25) is 0 Å². The minimum atomic E-state index is 0.108. The molecule has 0 aliphatic carbocycles. The van der Waals surface area contributed by atoms with Gasteiger partial charge < -0.3 is 5.11 Å². The van der Waals surface area contributed by atoms with E-state index in [0.29, 0.717) is 0 Å². The fraction of sp³-hybridized carbons (Fsp3) is 0.182. The van der Waals surface area contributed by atoms with E-state index in [2.05, 4.69) is 12.3 Å². The quantitative estimate of drug-likeness (QED) is 0.644. The molecule has 2 aromatic rings. The molecule has 0 fully saturated rings. The van der Waals surface area contributed by atoms with Crippen molar-refractivity contribution in [1.29, 1.82) is 0 Å². The van der Waals surface area contributed by atoms with Crippen molar-refractivity contribution in [1.82, 2.24) is 0 Å². The van der Waals surface area contributed by atoms with E-state index < -0.39 is 0 Å². The van der Waals surface area contributed by atoms with Gasteiger partial charge in [-0.2, -0.15) is 0 Å². The lowest BCUT2D eigenvalue weighted by Gasteiger charge is -1.98. The zero-order valence-electron chi connectivity index (χ0n) is 7.57. The third kappa shape index (κ3) is 1.53. The molecule has 66 valence electrons. The number of hydrogen-bond acceptors (Lipinski definition) is 1. The van der Waals surface area contributed by atoms with Crippen LogP contribution in [0.4, 0.5) is 0 Å². The van der Waals surface area contributed by atoms with E-state index in [0.717, 1.165) is 5.56 Å². The van der Waals surface area contributed by atoms with Crippen molar-refractivity contribution in [2.45, 2.75) is 6.61 Å². The molecule has 1 aromatic heterocycles. The van der Waals surface area contributed by atoms with E-state index in [1.165, 1.54) is 10.8 Å². The van der Waals surface area contributed by atoms with Crippen LogP contribution in [0, 0.1) is 0 Å². The minimum Gasteiger partial charge on any atom is -0.392 e. The minimum absolute atomic E-state index is 0.108. The van der Waals surface area contributed by atoms with Crippen LogP contribution in [-0.2, 0) is 13.7 Å². The van der Waals surface area contributed by atoms with Gasteiger partial charge in [-0.15, -0.1) is 0 Å². The average Bonchev–Trinajstić information content (AvgIpc) is 2.17. The lowest BCUT2D eigenvalue weighted by molar-refractivity contribution is -0.670. The Morgan fingerprint density at radius 3 is 2.85 bits per heavy atom. The lowest BCUT2D eigenvalue weighted by Crippen LogP contribution is -2.25. The molecule has 13 heavy (non-hydrogen) atoms. The molecule has 0 spiro atoms. The first-order valence-electron chi connectivity index (χ1n) is 4.28. The lowest BCUT2D eigenvalue weighted by atomic mass is 10.1. The zero-order valence-corrected chi connectivity index (χ0v) is 7.57. The Balaban J connectivity index is 2.66. The molecule has 0 aliphatic heterocycles. The van der Waals surface area contributed by atoms with E-state index >= 15 is 0 Å². The predicted octanol–water partition coefficient (Wildman–Crippen LogP) is 1.16. The highest BCUT2D eigenvalue weighted by Gasteiger charge is 1.99. The largest absolute Gasteiger partial charge is 0.392 e. The van der Waals surface area contributed by atoms with Crippen molar-refractivity contribution in [2.75, 3.05) is 0 Å². The van der Waals surface area contributed by atoms with Crippen molar-refractivity contribution in [3.05, 3.63) is 42.2 Å². The molecule has 2 rings (SSSR count). The summed E-state index contributed by atoms with van der Waals surface area (Å²) in [6.07, 6.45) is 4.07. The molecule has 2 heteroatoms. The fourth-order valence-electron chi connectivity index (χ4n) is 1.44. The maximum atomic E-state index is 8.95. The van der Waals surface area contributed by atoms with E-state index in [-0.39, 0.29) is 6.61 Å². The molecule has 0 unspecified atom stereocenters. The summed E-state index contributed by atoms with van der Waals surface area (Å²) >= 11 is 0. The highest BCUT2D eigenvalue weighted by Crippen LogP contribution is 2.13. The van der Waals surface area contributed by atoms with Crippen molar-refractivity contribution in [3.63, 3.8) is 0 Å². The summed E-state index contributed by atoms with van der Waals surface area (Å²) in [5, 5.41) is 11.3. The van der Waals surface area contributed by atoms with Crippen LogP contribution < -0.4 is 4.57 Å². The summed E-state index contributed by atoms with van der Waals surface area (Å²) < 4.78 is 2.01. The Kier molecular flexibility index (Phi) is 1.99. The summed E-state index contributed by atoms with van der Waals surface area (Å²) in [5.41, 5.74) is 0.960. The number of benzene rings is 1. The van der Waals surface area contributed by atoms with Crippen molar-refractivity contribution in [2.24, 2.45) is 7.05 Å². The fourth-order valence-corrected chi connectivity index (χ4v) is 1.44. The van der Waals surface area contributed by atoms with Gasteiger partial charge in [-0.3, -0.25) is 0 Å². The molecule has 0 aliphatic rings. The van der Waals surface area contributed by atoms with Gasteiger partial charge in [0.1, 0.15) is 7.05 Å². The Hall–Kier alpha value is -1.41. The number of aromatic nitrogens is 1. The number of aryl methyl sites for hydroxylation is 1. The number of fused-ring (bicyclic) bond motifs is 1. The third-order valence-corrected chi connectivity index (χ3v) is 2.17. The molecule has 1 aromatic carbocycles. The normalized spacial score (nSPS) is 10.6. The predicted molar refractivity (Wildman–Crippen MR) is 51.0 cm³/mol. The number of rotatable bonds is 1. The van der Waals surface area contributed by atoms with Gasteiger partial charge in [0.25, 0.3) is 0 Å². The Bertz CT molecular complexity index is 437. The van der Waals surface area contributed by atoms with Gasteiger partial charge in [0.2, 0.25) is 0 Å². The summed E-state index contributed by atoms with van der Waals surface area (Å²) in [6, 6.07) is 8.03. The van der Waals surface area contributed by atoms with Gasteiger partial charge in [0.15, 0.2) is 12.4 Å². The number of nitrogens with zero attached hydrogens (tertiary/aromatic N) is 1. The molecule has 0 bridgehead atoms. The van der Waals surface area contributed by atoms with Gasteiger partial charge in [-0.1, -0.05) is 6.07 Å². The highest BCUT2D eigenvalue weighted by molar-refractivity contribution is 5.81. The smallest absolute Gasteiger partial charge is 0.176 e. The number of aliphatic hydroxyl groups is 1. The molecule has 0 saturated heterocycles. The zero-order chi connectivity index (χ0) is 9.26. The number of aliphatic hydroxyl groups excluding tert-OH is 1. The van der Waals surface area contributed by atoms with Gasteiger partial charge >= 0.3 is 0 Å². The second-order valence-corrected chi connectivity index (χ2v) is 3.23. The van der Waals surface area contributed by atoms with E-state index in [4.69, 9.17) is 5.11 Å². The van der Waals surface area contributed by atoms with E-state index in [1.807, 2.05) is 36.0 Å². The van der Waals surface area contributed by atoms with Crippen LogP contribution >= 0.6 is 0 Å². The van der Waals surface area contributed by atoms with Gasteiger partial charge in [0, 0.05) is 11.5 Å². The molecule has 0 atom stereocenters. The molecular weight excluding hydrogens is 162 g/mol. The Morgan fingerprint density at radius 2 is 2.08 bits per heavy atom. The van der Waals surface area contributed by atoms with Crippen molar-refractivity contribution in [3.8, 4) is 0 Å². The van der Waals surface area contributed by atoms with Gasteiger partial charge in [-0.05, 0) is 23.1 Å². The summed E-state index contributed by atoms with van der Waals surface area (Å²) in [5.74, 6) is 0. The maximum Gasteiger partial charge on any atom is 0.176 e. The van der Waals surface area contributed by atoms with E-state index in [9.17, 15) is 0 Å². The first kappa shape index (κ1) is 8.20. The second kappa shape index (κ2) is 3.15. The summed E-state index contributed by atoms with van der Waals surface area (Å²) in [6.45, 7) is 0.108. The van der Waals surface area contributed by atoms with Crippen LogP contribution in [0.15, 0.2) is 36.7 Å². The summed E-state index contributed by atoms with van der Waals surface area (Å²) in [4.78, 5) is 0. The average molecular weight is 174 g/mol. The first-order chi connectivity index (χ1) is 6.29. The van der Waals surface area contributed by atoms with Crippen LogP contribution in [0.3, 0.4) is 0 Å². The Labute approximate surface area is 77.1 Å². The molecule has 1 heterocycles. The maximum absolute atomic E-state index is 8.95. The molecule has 0 saturated carbocycles. The second-order valence-electron chi connectivity index (χ2n) is 3.23. The number of pyridine rings is 1. The van der Waals surface area contributed by atoms with Crippen LogP contribution in [0.5, 0.6) is 0 Å². The molecule has 2 nitrogen and oxygen atoms in total. The van der Waals surface area contributed by atoms with Crippen LogP contribution in [0.25, 0.3) is 10.8 Å². The highest BCUT2D eigenvalue weighted by atomic mass is 16.3. The van der Waals surface area contributed by atoms with Gasteiger partial charge in [-0.25, -0.2) is 4.57 Å². The molecule has 1 N–H and O–H groups in total. The standard InChI is InChI=1S/C11H12NO/c1-12-5-4-10-6-9(8-13)2-3-11(10)7-12/h2-7,13H,8H2,1H3/q+1. The van der Waals surface area contributed by atoms with Crippen LogP contribution in [0.1, 0.15) is 5.56 Å². The molecule has 0 radical (unpaired) electrons. The Morgan fingerprint density at radius 1 is 1.23 bits per heavy atom.